The zero-order valence-corrected chi connectivity index (χ0v) is 15.2. The number of carbonyl (C=O) groups is 2. The summed E-state index contributed by atoms with van der Waals surface area (Å²) in [6.07, 6.45) is 1.41. The van der Waals surface area contributed by atoms with Crippen molar-refractivity contribution in [2.24, 2.45) is 5.73 Å². The standard InChI is InChI=1S/C20H13FN4O2S/c21-14-7-12(17-16-4-5-28-20(16)24-10-23-17)6-13(8-14)19(27)25-15-3-1-2-11(9-15)18(22)26/h1-10H,(H2,22,26)(H,25,27). The van der Waals surface area contributed by atoms with Gasteiger partial charge in [0, 0.05) is 27.8 Å². The van der Waals surface area contributed by atoms with Gasteiger partial charge in [-0.25, -0.2) is 14.4 Å². The number of benzene rings is 2. The number of rotatable bonds is 4. The maximum atomic E-state index is 14.2. The van der Waals surface area contributed by atoms with E-state index in [9.17, 15) is 14.0 Å². The highest BCUT2D eigenvalue weighted by molar-refractivity contribution is 7.16. The molecule has 4 rings (SSSR count). The van der Waals surface area contributed by atoms with E-state index in [1.165, 1.54) is 29.8 Å². The minimum atomic E-state index is -0.604. The molecule has 0 aliphatic heterocycles. The largest absolute Gasteiger partial charge is 0.366 e. The number of fused-ring (bicyclic) bond motifs is 1. The van der Waals surface area contributed by atoms with E-state index in [0.29, 0.717) is 16.9 Å². The number of halogens is 1. The Morgan fingerprint density at radius 1 is 1.04 bits per heavy atom. The van der Waals surface area contributed by atoms with Gasteiger partial charge in [-0.15, -0.1) is 11.3 Å². The van der Waals surface area contributed by atoms with Crippen molar-refractivity contribution in [1.29, 1.82) is 0 Å². The van der Waals surface area contributed by atoms with Gasteiger partial charge in [-0.2, -0.15) is 0 Å². The lowest BCUT2D eigenvalue weighted by atomic mass is 10.0. The van der Waals surface area contributed by atoms with Crippen LogP contribution in [-0.4, -0.2) is 21.8 Å². The van der Waals surface area contributed by atoms with Crippen LogP contribution in [0.4, 0.5) is 10.1 Å². The Morgan fingerprint density at radius 3 is 2.71 bits per heavy atom. The van der Waals surface area contributed by atoms with E-state index in [-0.39, 0.29) is 11.1 Å². The summed E-state index contributed by atoms with van der Waals surface area (Å²) in [5.41, 5.74) is 7.05. The van der Waals surface area contributed by atoms with Crippen molar-refractivity contribution in [2.45, 2.75) is 0 Å². The van der Waals surface area contributed by atoms with Crippen LogP contribution < -0.4 is 11.1 Å². The van der Waals surface area contributed by atoms with E-state index < -0.39 is 17.6 Å². The lowest BCUT2D eigenvalue weighted by Crippen LogP contribution is -2.14. The number of carbonyl (C=O) groups excluding carboxylic acids is 2. The van der Waals surface area contributed by atoms with E-state index in [0.717, 1.165) is 16.3 Å². The van der Waals surface area contributed by atoms with Gasteiger partial charge >= 0.3 is 0 Å². The molecule has 0 radical (unpaired) electrons. The van der Waals surface area contributed by atoms with Crippen molar-refractivity contribution in [3.8, 4) is 11.3 Å². The van der Waals surface area contributed by atoms with Crippen LogP contribution in [-0.2, 0) is 0 Å². The lowest BCUT2D eigenvalue weighted by Gasteiger charge is -2.09. The number of nitrogens with one attached hydrogen (secondary N) is 1. The third kappa shape index (κ3) is 3.45. The van der Waals surface area contributed by atoms with Crippen molar-refractivity contribution in [2.75, 3.05) is 5.32 Å². The van der Waals surface area contributed by atoms with Gasteiger partial charge in [-0.1, -0.05) is 6.07 Å². The molecule has 28 heavy (non-hydrogen) atoms. The molecule has 0 atom stereocenters. The van der Waals surface area contributed by atoms with Crippen LogP contribution in [0.2, 0.25) is 0 Å². The van der Waals surface area contributed by atoms with E-state index in [2.05, 4.69) is 15.3 Å². The average Bonchev–Trinajstić information content (AvgIpc) is 3.16. The molecule has 138 valence electrons. The van der Waals surface area contributed by atoms with Crippen LogP contribution in [0.1, 0.15) is 20.7 Å². The van der Waals surface area contributed by atoms with Gasteiger partial charge in [0.1, 0.15) is 17.0 Å². The first-order valence-corrected chi connectivity index (χ1v) is 9.09. The topological polar surface area (TPSA) is 98.0 Å². The van der Waals surface area contributed by atoms with Crippen LogP contribution in [0, 0.1) is 5.82 Å². The Morgan fingerprint density at radius 2 is 1.89 bits per heavy atom. The number of primary amides is 1. The van der Waals surface area contributed by atoms with Gasteiger partial charge < -0.3 is 11.1 Å². The monoisotopic (exact) mass is 392 g/mol. The maximum Gasteiger partial charge on any atom is 0.255 e. The fourth-order valence-corrected chi connectivity index (χ4v) is 3.56. The van der Waals surface area contributed by atoms with E-state index in [1.807, 2.05) is 11.4 Å². The molecule has 3 N–H and O–H groups in total. The van der Waals surface area contributed by atoms with E-state index in [4.69, 9.17) is 5.73 Å². The van der Waals surface area contributed by atoms with Gasteiger partial charge in [0.15, 0.2) is 0 Å². The fourth-order valence-electron chi connectivity index (χ4n) is 2.83. The molecule has 0 saturated heterocycles. The molecule has 8 heteroatoms. The number of aromatic nitrogens is 2. The molecule has 0 bridgehead atoms. The second kappa shape index (κ2) is 7.16. The maximum absolute atomic E-state index is 14.2. The predicted molar refractivity (Wildman–Crippen MR) is 106 cm³/mol. The summed E-state index contributed by atoms with van der Waals surface area (Å²) in [6.45, 7) is 0. The average molecular weight is 392 g/mol. The van der Waals surface area contributed by atoms with E-state index >= 15 is 0 Å². The molecule has 0 unspecified atom stereocenters. The molecule has 0 aliphatic rings. The second-order valence-corrected chi connectivity index (χ2v) is 6.88. The molecule has 0 saturated carbocycles. The van der Waals surface area contributed by atoms with Gasteiger partial charge in [0.2, 0.25) is 5.91 Å². The number of hydrogen-bond donors (Lipinski definition) is 2. The number of hydrogen-bond acceptors (Lipinski definition) is 5. The first-order valence-electron chi connectivity index (χ1n) is 8.21. The minimum Gasteiger partial charge on any atom is -0.366 e. The number of thiophene rings is 1. The summed E-state index contributed by atoms with van der Waals surface area (Å²) >= 11 is 1.45. The molecule has 0 aliphatic carbocycles. The van der Waals surface area contributed by atoms with Crippen LogP contribution in [0.5, 0.6) is 0 Å². The van der Waals surface area contributed by atoms with Crippen molar-refractivity contribution < 1.29 is 14.0 Å². The van der Waals surface area contributed by atoms with Crippen LogP contribution in [0.15, 0.2) is 60.2 Å². The van der Waals surface area contributed by atoms with Crippen LogP contribution in [0.3, 0.4) is 0 Å². The SMILES string of the molecule is NC(=O)c1cccc(NC(=O)c2cc(F)cc(-c3ncnc4sccc34)c2)c1. The van der Waals surface area contributed by atoms with Crippen molar-refractivity contribution in [3.63, 3.8) is 0 Å². The highest BCUT2D eigenvalue weighted by atomic mass is 32.1. The molecular formula is C20H13FN4O2S. The number of amides is 2. The summed E-state index contributed by atoms with van der Waals surface area (Å²) < 4.78 is 14.2. The van der Waals surface area contributed by atoms with Gasteiger partial charge in [0.05, 0.1) is 5.69 Å². The Balaban J connectivity index is 1.69. The zero-order valence-electron chi connectivity index (χ0n) is 14.3. The summed E-state index contributed by atoms with van der Waals surface area (Å²) in [5.74, 6) is -1.68. The number of anilines is 1. The Kier molecular flexibility index (Phi) is 4.54. The molecule has 6 nitrogen and oxygen atoms in total. The highest BCUT2D eigenvalue weighted by Crippen LogP contribution is 2.29. The van der Waals surface area contributed by atoms with Crippen LogP contribution >= 0.6 is 11.3 Å². The third-order valence-electron chi connectivity index (χ3n) is 4.10. The number of nitrogens with zero attached hydrogens (tertiary/aromatic N) is 2. The van der Waals surface area contributed by atoms with Gasteiger partial charge in [-0.05, 0) is 47.8 Å². The summed E-state index contributed by atoms with van der Waals surface area (Å²) in [7, 11) is 0. The summed E-state index contributed by atoms with van der Waals surface area (Å²) in [6, 6.07) is 12.1. The Bertz CT molecular complexity index is 1220. The normalized spacial score (nSPS) is 10.8. The molecule has 0 fully saturated rings. The Labute approximate surface area is 162 Å². The first-order chi connectivity index (χ1) is 13.5. The lowest BCUT2D eigenvalue weighted by molar-refractivity contribution is 0.0996. The van der Waals surface area contributed by atoms with Gasteiger partial charge in [0.25, 0.3) is 5.91 Å². The quantitative estimate of drug-likeness (QED) is 0.551. The molecular weight excluding hydrogens is 379 g/mol. The molecule has 2 heterocycles. The smallest absolute Gasteiger partial charge is 0.255 e. The van der Waals surface area contributed by atoms with Crippen molar-refractivity contribution in [1.82, 2.24) is 9.97 Å². The van der Waals surface area contributed by atoms with Gasteiger partial charge in [-0.3, -0.25) is 9.59 Å². The first kappa shape index (κ1) is 17.7. The fraction of sp³-hybridized carbons (Fsp3) is 0. The van der Waals surface area contributed by atoms with Crippen molar-refractivity contribution >= 4 is 39.1 Å². The minimum absolute atomic E-state index is 0.126. The predicted octanol–water partition coefficient (Wildman–Crippen LogP) is 3.85. The van der Waals surface area contributed by atoms with Crippen molar-refractivity contribution in [3.05, 3.63) is 77.2 Å². The third-order valence-corrected chi connectivity index (χ3v) is 4.92. The highest BCUT2D eigenvalue weighted by Gasteiger charge is 2.14. The molecule has 2 aromatic carbocycles. The Hall–Kier alpha value is -3.65. The molecule has 0 spiro atoms. The summed E-state index contributed by atoms with van der Waals surface area (Å²) in [4.78, 5) is 33.1. The molecule has 2 aromatic heterocycles. The van der Waals surface area contributed by atoms with E-state index in [1.54, 1.807) is 24.3 Å². The van der Waals surface area contributed by atoms with Crippen LogP contribution in [0.25, 0.3) is 21.5 Å². The summed E-state index contributed by atoms with van der Waals surface area (Å²) in [5, 5.41) is 5.31. The molecule has 2 amide bonds. The molecule has 4 aromatic rings. The number of nitrogens with two attached hydrogens (primary N) is 1. The zero-order chi connectivity index (χ0) is 19.7. The second-order valence-electron chi connectivity index (χ2n) is 5.99.